The van der Waals surface area contributed by atoms with Crippen molar-refractivity contribution in [3.8, 4) is 11.1 Å². The van der Waals surface area contributed by atoms with Gasteiger partial charge in [0.1, 0.15) is 23.4 Å². The predicted octanol–water partition coefficient (Wildman–Crippen LogP) is 3.73. The fraction of sp³-hybridized carbons (Fsp3) is 0.194. The molecule has 5 aromatic rings. The van der Waals surface area contributed by atoms with E-state index in [0.29, 0.717) is 53.2 Å². The lowest BCUT2D eigenvalue weighted by molar-refractivity contribution is 0.0969. The maximum absolute atomic E-state index is 13.8. The Hall–Kier alpha value is -5.09. The molecule has 0 saturated heterocycles. The van der Waals surface area contributed by atoms with Gasteiger partial charge in [0.25, 0.3) is 11.5 Å². The summed E-state index contributed by atoms with van der Waals surface area (Å²) in [6.07, 6.45) is 4.79. The molecule has 1 atom stereocenters. The topological polar surface area (TPSA) is 145 Å². The standard InChI is InChI=1S/C31H28N6O4/c1-36-15-23(27-28(32)33-17-34-29(27)36)18-10-12-20(13-11-18)35-30(40)22-14-21-24(8-5-9-26(21)39)37(31(22)41)25(16-38)19-6-3-2-4-7-19/h2-4,6-7,10-15,17,25,38H,5,8-9,16H2,1H3,(H,35,40)(H2,32,33,34)/t25-/m0/s1. The number of carbonyl (C=O) groups excluding carboxylic acids is 2. The van der Waals surface area contributed by atoms with Crippen molar-refractivity contribution in [2.24, 2.45) is 7.05 Å². The molecule has 1 aliphatic rings. The smallest absolute Gasteiger partial charge is 0.264 e. The van der Waals surface area contributed by atoms with Gasteiger partial charge in [-0.25, -0.2) is 9.97 Å². The summed E-state index contributed by atoms with van der Waals surface area (Å²) < 4.78 is 3.29. The number of amides is 1. The Balaban J connectivity index is 1.36. The van der Waals surface area contributed by atoms with Gasteiger partial charge in [0.2, 0.25) is 0 Å². The molecular formula is C31H28N6O4. The first-order valence-electron chi connectivity index (χ1n) is 13.3. The number of aryl methyl sites for hydroxylation is 1. The first kappa shape index (κ1) is 26.1. The second kappa shape index (κ2) is 10.5. The number of nitrogens with two attached hydrogens (primary N) is 1. The first-order valence-corrected chi connectivity index (χ1v) is 13.3. The number of pyridine rings is 1. The van der Waals surface area contributed by atoms with Crippen LogP contribution in [0.25, 0.3) is 22.2 Å². The molecule has 41 heavy (non-hydrogen) atoms. The molecule has 3 aromatic heterocycles. The van der Waals surface area contributed by atoms with Gasteiger partial charge < -0.3 is 25.3 Å². The molecule has 6 rings (SSSR count). The average Bonchev–Trinajstić information content (AvgIpc) is 3.33. The molecule has 0 fully saturated rings. The minimum Gasteiger partial charge on any atom is -0.394 e. The van der Waals surface area contributed by atoms with E-state index in [-0.39, 0.29) is 18.0 Å². The van der Waals surface area contributed by atoms with Gasteiger partial charge >= 0.3 is 0 Å². The highest BCUT2D eigenvalue weighted by Crippen LogP contribution is 2.33. The zero-order chi connectivity index (χ0) is 28.7. The summed E-state index contributed by atoms with van der Waals surface area (Å²) in [4.78, 5) is 48.6. The third kappa shape index (κ3) is 4.57. The number of anilines is 2. The quantitative estimate of drug-likeness (QED) is 0.293. The van der Waals surface area contributed by atoms with E-state index in [9.17, 15) is 19.5 Å². The molecule has 3 heterocycles. The van der Waals surface area contributed by atoms with E-state index >= 15 is 0 Å². The Kier molecular flexibility index (Phi) is 6.68. The van der Waals surface area contributed by atoms with Crippen molar-refractivity contribution < 1.29 is 14.7 Å². The van der Waals surface area contributed by atoms with Crippen molar-refractivity contribution in [2.45, 2.75) is 25.3 Å². The summed E-state index contributed by atoms with van der Waals surface area (Å²) in [6, 6.07) is 16.9. The van der Waals surface area contributed by atoms with Crippen molar-refractivity contribution >= 4 is 34.2 Å². The monoisotopic (exact) mass is 548 g/mol. The van der Waals surface area contributed by atoms with Crippen LogP contribution in [0.15, 0.2) is 78.0 Å². The lowest BCUT2D eigenvalue weighted by atomic mass is 9.91. The number of carbonyl (C=O) groups is 2. The summed E-state index contributed by atoms with van der Waals surface area (Å²) in [5.74, 6) is -0.385. The number of Topliss-reactive ketones (excluding diaryl/α,β-unsaturated/α-hetero) is 1. The third-order valence-electron chi connectivity index (χ3n) is 7.61. The van der Waals surface area contributed by atoms with Crippen LogP contribution in [0.5, 0.6) is 0 Å². The number of ketones is 1. The largest absolute Gasteiger partial charge is 0.394 e. The van der Waals surface area contributed by atoms with Crippen molar-refractivity contribution in [3.05, 3.63) is 106 Å². The number of hydrogen-bond acceptors (Lipinski definition) is 7. The second-order valence-corrected chi connectivity index (χ2v) is 10.1. The van der Waals surface area contributed by atoms with E-state index in [2.05, 4.69) is 15.3 Å². The van der Waals surface area contributed by atoms with Crippen LogP contribution in [0, 0.1) is 0 Å². The van der Waals surface area contributed by atoms with Crippen LogP contribution in [0.3, 0.4) is 0 Å². The molecule has 0 saturated carbocycles. The number of nitrogen functional groups attached to an aromatic ring is 1. The van der Waals surface area contributed by atoms with E-state index in [1.54, 1.807) is 12.1 Å². The SMILES string of the molecule is Cn1cc(-c2ccc(NC(=O)c3cc4c(n([C@@H](CO)c5ccccc5)c3=O)CCCC4=O)cc2)c2c(N)ncnc21. The van der Waals surface area contributed by atoms with Gasteiger partial charge in [-0.3, -0.25) is 14.4 Å². The molecular weight excluding hydrogens is 520 g/mol. The van der Waals surface area contributed by atoms with E-state index < -0.39 is 17.5 Å². The molecule has 0 aliphatic heterocycles. The highest BCUT2D eigenvalue weighted by Gasteiger charge is 2.29. The zero-order valence-corrected chi connectivity index (χ0v) is 22.4. The Morgan fingerprint density at radius 2 is 1.80 bits per heavy atom. The van der Waals surface area contributed by atoms with Crippen LogP contribution in [-0.4, -0.2) is 42.5 Å². The minimum absolute atomic E-state index is 0.124. The Labute approximate surface area is 235 Å². The molecule has 1 aliphatic carbocycles. The number of aromatic nitrogens is 4. The number of aliphatic hydroxyl groups excluding tert-OH is 1. The maximum Gasteiger partial charge on any atom is 0.264 e. The van der Waals surface area contributed by atoms with Gasteiger partial charge in [-0.15, -0.1) is 0 Å². The molecule has 0 bridgehead atoms. The second-order valence-electron chi connectivity index (χ2n) is 10.1. The fourth-order valence-corrected chi connectivity index (χ4v) is 5.61. The predicted molar refractivity (Wildman–Crippen MR) is 156 cm³/mol. The summed E-state index contributed by atoms with van der Waals surface area (Å²) >= 11 is 0. The molecule has 10 nitrogen and oxygen atoms in total. The fourth-order valence-electron chi connectivity index (χ4n) is 5.61. The van der Waals surface area contributed by atoms with Crippen LogP contribution in [0.1, 0.15) is 50.9 Å². The highest BCUT2D eigenvalue weighted by molar-refractivity contribution is 6.07. The number of benzene rings is 2. The van der Waals surface area contributed by atoms with Crippen molar-refractivity contribution in [2.75, 3.05) is 17.7 Å². The number of nitrogens with zero attached hydrogens (tertiary/aromatic N) is 4. The summed E-state index contributed by atoms with van der Waals surface area (Å²) in [5, 5.41) is 13.9. The maximum atomic E-state index is 13.8. The normalized spacial score (nSPS) is 13.7. The van der Waals surface area contributed by atoms with Crippen molar-refractivity contribution in [3.63, 3.8) is 0 Å². The number of fused-ring (bicyclic) bond motifs is 2. The van der Waals surface area contributed by atoms with Gasteiger partial charge in [-0.05, 0) is 42.2 Å². The summed E-state index contributed by atoms with van der Waals surface area (Å²) in [7, 11) is 1.88. The van der Waals surface area contributed by atoms with Gasteiger partial charge in [0.15, 0.2) is 5.78 Å². The summed E-state index contributed by atoms with van der Waals surface area (Å²) in [6.45, 7) is -0.360. The molecule has 2 aromatic carbocycles. The highest BCUT2D eigenvalue weighted by atomic mass is 16.3. The lowest BCUT2D eigenvalue weighted by Crippen LogP contribution is -2.38. The third-order valence-corrected chi connectivity index (χ3v) is 7.61. The van der Waals surface area contributed by atoms with E-state index in [4.69, 9.17) is 5.73 Å². The van der Waals surface area contributed by atoms with Crippen LogP contribution in [0.4, 0.5) is 11.5 Å². The van der Waals surface area contributed by atoms with Gasteiger partial charge in [-0.2, -0.15) is 0 Å². The lowest BCUT2D eigenvalue weighted by Gasteiger charge is -2.27. The Morgan fingerprint density at radius 1 is 1.05 bits per heavy atom. The van der Waals surface area contributed by atoms with E-state index in [1.165, 1.54) is 17.0 Å². The molecule has 0 radical (unpaired) electrons. The number of aliphatic hydroxyl groups is 1. The van der Waals surface area contributed by atoms with Crippen LogP contribution in [0.2, 0.25) is 0 Å². The van der Waals surface area contributed by atoms with Crippen LogP contribution >= 0.6 is 0 Å². The zero-order valence-electron chi connectivity index (χ0n) is 22.4. The van der Waals surface area contributed by atoms with Crippen LogP contribution in [-0.2, 0) is 13.5 Å². The minimum atomic E-state index is -0.729. The van der Waals surface area contributed by atoms with Crippen molar-refractivity contribution in [1.82, 2.24) is 19.1 Å². The van der Waals surface area contributed by atoms with E-state index in [0.717, 1.165) is 16.5 Å². The molecule has 10 heteroatoms. The molecule has 4 N–H and O–H groups in total. The van der Waals surface area contributed by atoms with Gasteiger partial charge in [0, 0.05) is 42.2 Å². The van der Waals surface area contributed by atoms with E-state index in [1.807, 2.05) is 60.3 Å². The number of rotatable bonds is 6. The van der Waals surface area contributed by atoms with Crippen molar-refractivity contribution in [1.29, 1.82) is 0 Å². The Bertz CT molecular complexity index is 1860. The number of nitrogens with one attached hydrogen (secondary N) is 1. The average molecular weight is 549 g/mol. The molecule has 0 unspecified atom stereocenters. The molecule has 0 spiro atoms. The van der Waals surface area contributed by atoms with Gasteiger partial charge in [-0.1, -0.05) is 42.5 Å². The molecule has 206 valence electrons. The molecule has 1 amide bonds. The summed E-state index contributed by atoms with van der Waals surface area (Å²) in [5.41, 5.74) is 9.91. The Morgan fingerprint density at radius 3 is 2.54 bits per heavy atom. The first-order chi connectivity index (χ1) is 19.9. The number of hydrogen-bond donors (Lipinski definition) is 3. The van der Waals surface area contributed by atoms with Gasteiger partial charge in [0.05, 0.1) is 18.0 Å². The van der Waals surface area contributed by atoms with Crippen LogP contribution < -0.4 is 16.6 Å².